The summed E-state index contributed by atoms with van der Waals surface area (Å²) >= 11 is 0. The number of hydrogen-bond donors (Lipinski definition) is 3. The highest BCUT2D eigenvalue weighted by Crippen LogP contribution is 2.45. The van der Waals surface area contributed by atoms with Gasteiger partial charge in [0.2, 0.25) is 5.91 Å². The number of hydrogen-bond acceptors (Lipinski definition) is 3. The highest BCUT2D eigenvalue weighted by atomic mass is 16.3. The van der Waals surface area contributed by atoms with E-state index in [4.69, 9.17) is 10.2 Å². The minimum Gasteiger partial charge on any atom is -0.400 e. The van der Waals surface area contributed by atoms with Gasteiger partial charge in [-0.25, -0.2) is 0 Å². The molecule has 4 nitrogen and oxygen atoms in total. The first-order valence-electron chi connectivity index (χ1n) is 12.0. The first-order valence-corrected chi connectivity index (χ1v) is 12.0. The summed E-state index contributed by atoms with van der Waals surface area (Å²) in [5, 5.41) is 18.4. The molecule has 0 aliphatic rings. The van der Waals surface area contributed by atoms with Crippen molar-refractivity contribution < 1.29 is 15.0 Å². The molecule has 188 valence electrons. The van der Waals surface area contributed by atoms with Crippen molar-refractivity contribution in [2.45, 2.75) is 102 Å². The molecule has 0 aliphatic carbocycles. The number of rotatable bonds is 12. The van der Waals surface area contributed by atoms with Gasteiger partial charge in [-0.05, 0) is 47.3 Å². The molecule has 0 fully saturated rings. The predicted molar refractivity (Wildman–Crippen MR) is 137 cm³/mol. The molecule has 0 heterocycles. The molecule has 1 amide bonds. The maximum Gasteiger partial charge on any atom is 0.223 e. The number of nitrogens with one attached hydrogen (secondary N) is 1. The van der Waals surface area contributed by atoms with E-state index in [1.807, 2.05) is 6.08 Å². The van der Waals surface area contributed by atoms with E-state index in [0.717, 1.165) is 39.3 Å². The second kappa shape index (κ2) is 16.7. The van der Waals surface area contributed by atoms with Crippen molar-refractivity contribution in [2.75, 3.05) is 20.3 Å². The Balaban J connectivity index is -0.000000836. The third kappa shape index (κ3) is 18.4. The van der Waals surface area contributed by atoms with Crippen LogP contribution in [0.3, 0.4) is 0 Å². The lowest BCUT2D eigenvalue weighted by Gasteiger charge is -2.42. The lowest BCUT2D eigenvalue weighted by atomic mass is 9.63. The number of aliphatic hydroxyl groups is 2. The topological polar surface area (TPSA) is 69.6 Å². The summed E-state index contributed by atoms with van der Waals surface area (Å²) < 4.78 is 0. The molecule has 0 aromatic heterocycles. The highest BCUT2D eigenvalue weighted by Gasteiger charge is 2.40. The molecule has 0 bridgehead atoms. The Morgan fingerprint density at radius 2 is 1.48 bits per heavy atom. The zero-order valence-electron chi connectivity index (χ0n) is 23.1. The molecule has 0 aromatic rings. The van der Waals surface area contributed by atoms with Gasteiger partial charge in [0.05, 0.1) is 0 Å². The Labute approximate surface area is 195 Å². The van der Waals surface area contributed by atoms with Crippen LogP contribution in [0, 0.1) is 34.0 Å². The van der Waals surface area contributed by atoms with E-state index in [2.05, 4.69) is 88.1 Å². The van der Waals surface area contributed by atoms with Crippen LogP contribution in [0.4, 0.5) is 0 Å². The third-order valence-electron chi connectivity index (χ3n) is 5.82. The molecule has 1 atom stereocenters. The number of carbonyl (C=O) groups excluding carboxylic acids is 1. The Hall–Kier alpha value is -0.870. The minimum absolute atomic E-state index is 0.0000694. The Morgan fingerprint density at radius 1 is 1.00 bits per heavy atom. The second-order valence-electron chi connectivity index (χ2n) is 11.7. The SMILES string of the molecule is C=CC(C)(C)CC(C(=O)NCC(C)C)C(C)(C)CC(C)(C)CC.CC(C)CCO.CO. The van der Waals surface area contributed by atoms with Gasteiger partial charge in [0.25, 0.3) is 0 Å². The monoisotopic (exact) mass is 443 g/mol. The number of carbonyl (C=O) groups is 1. The van der Waals surface area contributed by atoms with Gasteiger partial charge in [0.15, 0.2) is 0 Å². The van der Waals surface area contributed by atoms with Crippen LogP contribution in [0.1, 0.15) is 102 Å². The fourth-order valence-corrected chi connectivity index (χ4v) is 3.50. The fraction of sp³-hybridized carbons (Fsp3) is 0.889. The fourth-order valence-electron chi connectivity index (χ4n) is 3.50. The van der Waals surface area contributed by atoms with Gasteiger partial charge in [-0.2, -0.15) is 0 Å². The van der Waals surface area contributed by atoms with Crippen LogP contribution in [-0.4, -0.2) is 36.4 Å². The smallest absolute Gasteiger partial charge is 0.223 e. The van der Waals surface area contributed by atoms with E-state index in [0.29, 0.717) is 18.4 Å². The van der Waals surface area contributed by atoms with Gasteiger partial charge in [-0.3, -0.25) is 4.79 Å². The van der Waals surface area contributed by atoms with Crippen molar-refractivity contribution in [3.8, 4) is 0 Å². The largest absolute Gasteiger partial charge is 0.400 e. The van der Waals surface area contributed by atoms with Gasteiger partial charge < -0.3 is 15.5 Å². The average molecular weight is 444 g/mol. The standard InChI is InChI=1S/C21H41NO.C5H12O.CH4O/c1-11-19(5,6)13-17(18(23)22-14-16(3)4)21(9,10)15-20(7,8)12-2;1-5(2)3-4-6;1-2/h11,16-17H,1,12-15H2,2-10H3,(H,22,23);5-6H,3-4H2,1-2H3;2H,1H3. The summed E-state index contributed by atoms with van der Waals surface area (Å²) in [5.74, 6) is 1.32. The van der Waals surface area contributed by atoms with Crippen LogP contribution in [0.15, 0.2) is 12.7 Å². The summed E-state index contributed by atoms with van der Waals surface area (Å²) in [5.41, 5.74) is 0.173. The molecule has 0 saturated carbocycles. The van der Waals surface area contributed by atoms with Crippen LogP contribution >= 0.6 is 0 Å². The van der Waals surface area contributed by atoms with Crippen molar-refractivity contribution in [3.05, 3.63) is 12.7 Å². The summed E-state index contributed by atoms with van der Waals surface area (Å²) in [6.45, 7) is 29.2. The summed E-state index contributed by atoms with van der Waals surface area (Å²) in [7, 11) is 1.00. The molecule has 0 radical (unpaired) electrons. The molecule has 0 saturated heterocycles. The van der Waals surface area contributed by atoms with Crippen molar-refractivity contribution in [1.82, 2.24) is 5.32 Å². The first kappa shape index (κ1) is 34.7. The Morgan fingerprint density at radius 3 is 1.77 bits per heavy atom. The van der Waals surface area contributed by atoms with Gasteiger partial charge in [-0.1, -0.05) is 88.7 Å². The lowest BCUT2D eigenvalue weighted by Crippen LogP contribution is -2.44. The van der Waals surface area contributed by atoms with Crippen LogP contribution in [0.5, 0.6) is 0 Å². The molecule has 31 heavy (non-hydrogen) atoms. The van der Waals surface area contributed by atoms with Crippen LogP contribution < -0.4 is 5.32 Å². The molecule has 0 aliphatic heterocycles. The number of allylic oxidation sites excluding steroid dienone is 1. The van der Waals surface area contributed by atoms with E-state index in [-0.39, 0.29) is 28.1 Å². The van der Waals surface area contributed by atoms with Gasteiger partial charge in [-0.15, -0.1) is 6.58 Å². The van der Waals surface area contributed by atoms with E-state index < -0.39 is 0 Å². The highest BCUT2D eigenvalue weighted by molar-refractivity contribution is 5.79. The molecular weight excluding hydrogens is 386 g/mol. The van der Waals surface area contributed by atoms with Crippen molar-refractivity contribution in [3.63, 3.8) is 0 Å². The molecular formula is C27H57NO3. The Kier molecular flexibility index (Phi) is 18.7. The van der Waals surface area contributed by atoms with E-state index in [1.54, 1.807) is 0 Å². The van der Waals surface area contributed by atoms with Crippen molar-refractivity contribution in [2.24, 2.45) is 34.0 Å². The molecule has 0 rings (SSSR count). The van der Waals surface area contributed by atoms with E-state index in [9.17, 15) is 4.79 Å². The number of aliphatic hydroxyl groups excluding tert-OH is 2. The summed E-state index contributed by atoms with van der Waals surface area (Å²) in [6.07, 6.45) is 5.93. The minimum atomic E-state index is -0.0408. The van der Waals surface area contributed by atoms with Crippen molar-refractivity contribution in [1.29, 1.82) is 0 Å². The maximum atomic E-state index is 12.9. The molecule has 3 N–H and O–H groups in total. The van der Waals surface area contributed by atoms with Crippen molar-refractivity contribution >= 4 is 5.91 Å². The molecule has 0 spiro atoms. The summed E-state index contributed by atoms with van der Waals surface area (Å²) in [4.78, 5) is 12.9. The van der Waals surface area contributed by atoms with Gasteiger partial charge >= 0.3 is 0 Å². The molecule has 1 unspecified atom stereocenters. The maximum absolute atomic E-state index is 12.9. The van der Waals surface area contributed by atoms with Gasteiger partial charge in [0.1, 0.15) is 0 Å². The predicted octanol–water partition coefficient (Wildman–Crippen LogP) is 6.46. The summed E-state index contributed by atoms with van der Waals surface area (Å²) in [6, 6.07) is 0. The van der Waals surface area contributed by atoms with Crippen LogP contribution in [-0.2, 0) is 4.79 Å². The normalized spacial score (nSPS) is 13.0. The van der Waals surface area contributed by atoms with Crippen LogP contribution in [0.25, 0.3) is 0 Å². The lowest BCUT2D eigenvalue weighted by molar-refractivity contribution is -0.130. The van der Waals surface area contributed by atoms with Gasteiger partial charge in [0, 0.05) is 26.2 Å². The molecule has 4 heteroatoms. The zero-order valence-corrected chi connectivity index (χ0v) is 23.1. The zero-order chi connectivity index (χ0) is 25.5. The van der Waals surface area contributed by atoms with E-state index in [1.165, 1.54) is 0 Å². The third-order valence-corrected chi connectivity index (χ3v) is 5.82. The Bertz CT molecular complexity index is 465. The second-order valence-corrected chi connectivity index (χ2v) is 11.7. The quantitative estimate of drug-likeness (QED) is 0.303. The average Bonchev–Trinajstić information content (AvgIpc) is 2.65. The van der Waals surface area contributed by atoms with E-state index >= 15 is 0 Å². The molecule has 0 aromatic carbocycles. The first-order chi connectivity index (χ1) is 14.0. The van der Waals surface area contributed by atoms with Crippen LogP contribution in [0.2, 0.25) is 0 Å². The number of amides is 1.